The first kappa shape index (κ1) is 9.43. The molecule has 0 aromatic heterocycles. The summed E-state index contributed by atoms with van der Waals surface area (Å²) in [6.07, 6.45) is 0. The fraction of sp³-hybridized carbons (Fsp3) is 0.200. The third-order valence-corrected chi connectivity index (χ3v) is 1.61. The van der Waals surface area contributed by atoms with Gasteiger partial charge in [0, 0.05) is 12.7 Å². The van der Waals surface area contributed by atoms with Crippen LogP contribution in [0.2, 0.25) is 0 Å². The van der Waals surface area contributed by atoms with E-state index in [0.717, 1.165) is 0 Å². The van der Waals surface area contributed by atoms with Crippen molar-refractivity contribution in [1.29, 1.82) is 5.26 Å². The molecule has 0 aliphatic heterocycles. The van der Waals surface area contributed by atoms with Crippen molar-refractivity contribution in [3.05, 3.63) is 35.4 Å². The molecule has 0 unspecified atom stereocenters. The highest BCUT2D eigenvalue weighted by Gasteiger charge is 2.03. The van der Waals surface area contributed by atoms with Crippen molar-refractivity contribution in [1.82, 2.24) is 0 Å². The summed E-state index contributed by atoms with van der Waals surface area (Å²) in [6.45, 7) is 0.0753. The molecule has 66 valence electrons. The number of hydrogen-bond acceptors (Lipinski definition) is 3. The number of ether oxygens (including phenoxy) is 1. The molecule has 0 heterocycles. The molecule has 13 heavy (non-hydrogen) atoms. The number of Topliss-reactive ketones (excluding diaryl/α,β-unsaturated/α-hetero) is 1. The van der Waals surface area contributed by atoms with Gasteiger partial charge in [0.05, 0.1) is 11.6 Å². The van der Waals surface area contributed by atoms with E-state index < -0.39 is 0 Å². The Morgan fingerprint density at radius 2 is 2.08 bits per heavy atom. The Bertz CT molecular complexity index is 335. The Hall–Kier alpha value is -1.66. The third-order valence-electron chi connectivity index (χ3n) is 1.61. The quantitative estimate of drug-likeness (QED) is 0.652. The molecule has 0 radical (unpaired) electrons. The molecule has 0 saturated heterocycles. The van der Waals surface area contributed by atoms with E-state index in [1.807, 2.05) is 6.07 Å². The molecule has 0 aliphatic carbocycles. The standard InChI is InChI=1S/C10H9NO2/c1-13-7-10(12)9-4-2-8(6-11)3-5-9/h2-5H,7H2,1H3. The third kappa shape index (κ3) is 2.39. The molecule has 1 aromatic carbocycles. The molecule has 0 bridgehead atoms. The monoisotopic (exact) mass is 175 g/mol. The Balaban J connectivity index is 2.81. The predicted octanol–water partition coefficient (Wildman–Crippen LogP) is 1.39. The molecule has 3 heteroatoms. The molecule has 0 fully saturated rings. The molecule has 0 aliphatic rings. The normalized spacial score (nSPS) is 9.23. The van der Waals surface area contributed by atoms with Gasteiger partial charge in [-0.1, -0.05) is 12.1 Å². The minimum atomic E-state index is -0.0769. The molecule has 1 rings (SSSR count). The second kappa shape index (κ2) is 4.39. The summed E-state index contributed by atoms with van der Waals surface area (Å²) in [7, 11) is 1.47. The van der Waals surface area contributed by atoms with E-state index in [1.165, 1.54) is 7.11 Å². The number of methoxy groups -OCH3 is 1. The Kier molecular flexibility index (Phi) is 3.18. The minimum absolute atomic E-state index is 0.0753. The van der Waals surface area contributed by atoms with Crippen molar-refractivity contribution < 1.29 is 9.53 Å². The van der Waals surface area contributed by atoms with Gasteiger partial charge in [-0.25, -0.2) is 0 Å². The number of carbonyl (C=O) groups excluding carboxylic acids is 1. The molecular weight excluding hydrogens is 166 g/mol. The molecule has 1 aromatic rings. The van der Waals surface area contributed by atoms with E-state index in [-0.39, 0.29) is 12.4 Å². The fourth-order valence-corrected chi connectivity index (χ4v) is 0.945. The van der Waals surface area contributed by atoms with Crippen molar-refractivity contribution in [3.63, 3.8) is 0 Å². The second-order valence-electron chi connectivity index (χ2n) is 2.55. The van der Waals surface area contributed by atoms with Gasteiger partial charge in [-0.05, 0) is 12.1 Å². The van der Waals surface area contributed by atoms with E-state index >= 15 is 0 Å². The van der Waals surface area contributed by atoms with Gasteiger partial charge in [0.1, 0.15) is 6.61 Å². The maximum Gasteiger partial charge on any atom is 0.188 e. The maximum absolute atomic E-state index is 11.2. The number of carbonyl (C=O) groups is 1. The van der Waals surface area contributed by atoms with Crippen LogP contribution in [-0.2, 0) is 4.74 Å². The van der Waals surface area contributed by atoms with E-state index in [2.05, 4.69) is 0 Å². The number of ketones is 1. The molecular formula is C10H9NO2. The van der Waals surface area contributed by atoms with Gasteiger partial charge in [0.15, 0.2) is 5.78 Å². The van der Waals surface area contributed by atoms with Gasteiger partial charge in [0.25, 0.3) is 0 Å². The van der Waals surface area contributed by atoms with Gasteiger partial charge < -0.3 is 4.74 Å². The SMILES string of the molecule is COCC(=O)c1ccc(C#N)cc1. The largest absolute Gasteiger partial charge is 0.377 e. The molecule has 0 spiro atoms. The van der Waals surface area contributed by atoms with Crippen LogP contribution in [0.25, 0.3) is 0 Å². The van der Waals surface area contributed by atoms with Crippen LogP contribution in [0.15, 0.2) is 24.3 Å². The van der Waals surface area contributed by atoms with Crippen LogP contribution < -0.4 is 0 Å². The second-order valence-corrected chi connectivity index (χ2v) is 2.55. The lowest BCUT2D eigenvalue weighted by molar-refractivity contribution is 0.0848. The predicted molar refractivity (Wildman–Crippen MR) is 47.4 cm³/mol. The maximum atomic E-state index is 11.2. The van der Waals surface area contributed by atoms with Crippen molar-refractivity contribution in [2.45, 2.75) is 0 Å². The topological polar surface area (TPSA) is 50.1 Å². The number of nitrogens with zero attached hydrogens (tertiary/aromatic N) is 1. The minimum Gasteiger partial charge on any atom is -0.377 e. The fourth-order valence-electron chi connectivity index (χ4n) is 0.945. The Morgan fingerprint density at radius 3 is 2.54 bits per heavy atom. The lowest BCUT2D eigenvalue weighted by Gasteiger charge is -1.98. The zero-order valence-corrected chi connectivity index (χ0v) is 7.28. The first-order valence-electron chi connectivity index (χ1n) is 3.80. The number of benzene rings is 1. The van der Waals surface area contributed by atoms with Crippen molar-refractivity contribution in [2.24, 2.45) is 0 Å². The van der Waals surface area contributed by atoms with Gasteiger partial charge in [-0.3, -0.25) is 4.79 Å². The van der Waals surface area contributed by atoms with Gasteiger partial charge in [-0.2, -0.15) is 5.26 Å². The van der Waals surface area contributed by atoms with Crippen LogP contribution in [0, 0.1) is 11.3 Å². The Morgan fingerprint density at radius 1 is 1.46 bits per heavy atom. The van der Waals surface area contributed by atoms with E-state index in [1.54, 1.807) is 24.3 Å². The first-order valence-corrected chi connectivity index (χ1v) is 3.80. The average Bonchev–Trinajstić information content (AvgIpc) is 2.18. The molecule has 0 atom stereocenters. The van der Waals surface area contributed by atoms with Crippen LogP contribution in [0.1, 0.15) is 15.9 Å². The highest BCUT2D eigenvalue weighted by Crippen LogP contribution is 2.04. The number of rotatable bonds is 3. The van der Waals surface area contributed by atoms with Crippen LogP contribution in [0.3, 0.4) is 0 Å². The van der Waals surface area contributed by atoms with Crippen LogP contribution in [-0.4, -0.2) is 19.5 Å². The molecule has 3 nitrogen and oxygen atoms in total. The highest BCUT2D eigenvalue weighted by atomic mass is 16.5. The van der Waals surface area contributed by atoms with E-state index in [4.69, 9.17) is 10.00 Å². The lowest BCUT2D eigenvalue weighted by Crippen LogP contribution is -2.06. The van der Waals surface area contributed by atoms with Crippen LogP contribution in [0.5, 0.6) is 0 Å². The average molecular weight is 175 g/mol. The molecule has 0 saturated carbocycles. The van der Waals surface area contributed by atoms with Crippen molar-refractivity contribution in [3.8, 4) is 6.07 Å². The number of nitriles is 1. The molecule has 0 amide bonds. The van der Waals surface area contributed by atoms with Crippen molar-refractivity contribution in [2.75, 3.05) is 13.7 Å². The highest BCUT2D eigenvalue weighted by molar-refractivity contribution is 5.97. The lowest BCUT2D eigenvalue weighted by atomic mass is 10.1. The van der Waals surface area contributed by atoms with Crippen molar-refractivity contribution >= 4 is 5.78 Å². The van der Waals surface area contributed by atoms with Crippen LogP contribution >= 0.6 is 0 Å². The summed E-state index contributed by atoms with van der Waals surface area (Å²) in [5.74, 6) is -0.0769. The van der Waals surface area contributed by atoms with Crippen LogP contribution in [0.4, 0.5) is 0 Å². The van der Waals surface area contributed by atoms with Gasteiger partial charge >= 0.3 is 0 Å². The zero-order chi connectivity index (χ0) is 9.68. The smallest absolute Gasteiger partial charge is 0.188 e. The summed E-state index contributed by atoms with van der Waals surface area (Å²) in [6, 6.07) is 8.46. The van der Waals surface area contributed by atoms with Gasteiger partial charge in [-0.15, -0.1) is 0 Å². The summed E-state index contributed by atoms with van der Waals surface area (Å²) in [5.41, 5.74) is 1.12. The summed E-state index contributed by atoms with van der Waals surface area (Å²) in [5, 5.41) is 8.51. The molecule has 0 N–H and O–H groups in total. The summed E-state index contributed by atoms with van der Waals surface area (Å²) < 4.78 is 4.70. The zero-order valence-electron chi connectivity index (χ0n) is 7.28. The summed E-state index contributed by atoms with van der Waals surface area (Å²) >= 11 is 0. The van der Waals surface area contributed by atoms with E-state index in [9.17, 15) is 4.79 Å². The van der Waals surface area contributed by atoms with Gasteiger partial charge in [0.2, 0.25) is 0 Å². The summed E-state index contributed by atoms with van der Waals surface area (Å²) in [4.78, 5) is 11.2. The first-order chi connectivity index (χ1) is 6.27. The number of hydrogen-bond donors (Lipinski definition) is 0. The Labute approximate surface area is 76.6 Å². The van der Waals surface area contributed by atoms with E-state index in [0.29, 0.717) is 11.1 Å².